The zero-order chi connectivity index (χ0) is 14.8. The second-order valence-corrected chi connectivity index (χ2v) is 6.10. The molecule has 0 aromatic carbocycles. The first-order valence-electron chi connectivity index (χ1n) is 7.46. The maximum Gasteiger partial charge on any atom is 0.183 e. The summed E-state index contributed by atoms with van der Waals surface area (Å²) in [4.78, 5) is 25.1. The van der Waals surface area contributed by atoms with Gasteiger partial charge in [-0.25, -0.2) is 10.0 Å². The highest BCUT2D eigenvalue weighted by Gasteiger charge is 2.77. The molecule has 1 saturated heterocycles. The van der Waals surface area contributed by atoms with Crippen molar-refractivity contribution in [2.24, 2.45) is 5.92 Å². The first-order valence-corrected chi connectivity index (χ1v) is 7.46. The fourth-order valence-electron chi connectivity index (χ4n) is 4.61. The minimum Gasteiger partial charge on any atom is -0.294 e. The molecule has 3 unspecified atom stereocenters. The number of carbonyl (C=O) groups excluding carboxylic acids is 2. The summed E-state index contributed by atoms with van der Waals surface area (Å²) in [7, 11) is 1.95. The Morgan fingerprint density at radius 1 is 1.24 bits per heavy atom. The van der Waals surface area contributed by atoms with Gasteiger partial charge in [0.1, 0.15) is 11.1 Å². The molecule has 0 N–H and O–H groups in total. The Morgan fingerprint density at radius 2 is 2.05 bits per heavy atom. The molecule has 2 spiro atoms. The summed E-state index contributed by atoms with van der Waals surface area (Å²) < 4.78 is 0. The van der Waals surface area contributed by atoms with Crippen molar-refractivity contribution in [2.75, 3.05) is 13.6 Å². The third kappa shape index (κ3) is 1.13. The van der Waals surface area contributed by atoms with Crippen LogP contribution in [-0.2, 0) is 9.59 Å². The van der Waals surface area contributed by atoms with Crippen molar-refractivity contribution < 1.29 is 9.59 Å². The molecule has 4 nitrogen and oxygen atoms in total. The van der Waals surface area contributed by atoms with Crippen molar-refractivity contribution in [3.05, 3.63) is 48.1 Å². The number of hydrazine groups is 1. The summed E-state index contributed by atoms with van der Waals surface area (Å²) in [5, 5.41) is 4.22. The first-order chi connectivity index (χ1) is 10.1. The van der Waals surface area contributed by atoms with Gasteiger partial charge in [-0.3, -0.25) is 9.59 Å². The molecule has 4 aliphatic rings. The summed E-state index contributed by atoms with van der Waals surface area (Å²) in [6.07, 6.45) is 14.0. The molecule has 1 fully saturated rings. The fraction of sp³-hybridized carbons (Fsp3) is 0.412. The van der Waals surface area contributed by atoms with E-state index < -0.39 is 11.1 Å². The lowest BCUT2D eigenvalue weighted by molar-refractivity contribution is -0.268. The third-order valence-electron chi connectivity index (χ3n) is 5.33. The van der Waals surface area contributed by atoms with Gasteiger partial charge in [-0.05, 0) is 24.1 Å². The molecule has 2 bridgehead atoms. The van der Waals surface area contributed by atoms with E-state index in [1.807, 2.05) is 36.4 Å². The van der Waals surface area contributed by atoms with E-state index in [4.69, 9.17) is 0 Å². The molecule has 3 aliphatic carbocycles. The second-order valence-electron chi connectivity index (χ2n) is 6.10. The van der Waals surface area contributed by atoms with Crippen molar-refractivity contribution >= 4 is 11.6 Å². The molecule has 4 heteroatoms. The molecule has 1 heterocycles. The largest absolute Gasteiger partial charge is 0.294 e. The van der Waals surface area contributed by atoms with E-state index in [-0.39, 0.29) is 17.5 Å². The minimum absolute atomic E-state index is 0.0640. The van der Waals surface area contributed by atoms with Crippen LogP contribution in [0.3, 0.4) is 0 Å². The molecular formula is C17H18N2O2. The molecule has 0 aromatic rings. The van der Waals surface area contributed by atoms with E-state index in [0.29, 0.717) is 0 Å². The number of ketones is 2. The minimum atomic E-state index is -0.747. The van der Waals surface area contributed by atoms with Gasteiger partial charge in [0.25, 0.3) is 0 Å². The van der Waals surface area contributed by atoms with Crippen LogP contribution < -0.4 is 0 Å². The molecule has 0 amide bonds. The molecule has 0 radical (unpaired) electrons. The predicted molar refractivity (Wildman–Crippen MR) is 79.2 cm³/mol. The van der Waals surface area contributed by atoms with Gasteiger partial charge in [0.2, 0.25) is 0 Å². The number of hydrogen-bond acceptors (Lipinski definition) is 4. The molecule has 21 heavy (non-hydrogen) atoms. The van der Waals surface area contributed by atoms with Gasteiger partial charge in [0.05, 0.1) is 5.92 Å². The average molecular weight is 282 g/mol. The van der Waals surface area contributed by atoms with Crippen molar-refractivity contribution in [3.8, 4) is 0 Å². The molecule has 0 aromatic heterocycles. The van der Waals surface area contributed by atoms with Crippen molar-refractivity contribution in [1.82, 2.24) is 10.0 Å². The number of likely N-dealkylation sites (N-methyl/N-ethyl adjacent to an activating group) is 1. The van der Waals surface area contributed by atoms with Crippen molar-refractivity contribution in [2.45, 2.75) is 24.4 Å². The summed E-state index contributed by atoms with van der Waals surface area (Å²) in [5.74, 6) is -0.0543. The summed E-state index contributed by atoms with van der Waals surface area (Å²) in [5.41, 5.74) is -0.298. The molecule has 0 saturated carbocycles. The van der Waals surface area contributed by atoms with Crippen LogP contribution in [0.15, 0.2) is 48.1 Å². The van der Waals surface area contributed by atoms with E-state index in [1.54, 1.807) is 18.2 Å². The molecule has 108 valence electrons. The maximum atomic E-state index is 12.8. The summed E-state index contributed by atoms with van der Waals surface area (Å²) in [6, 6.07) is 0. The average Bonchev–Trinajstić information content (AvgIpc) is 2.99. The van der Waals surface area contributed by atoms with Gasteiger partial charge in [0, 0.05) is 13.6 Å². The first kappa shape index (κ1) is 12.9. The van der Waals surface area contributed by atoms with Crippen LogP contribution in [0.1, 0.15) is 13.3 Å². The van der Waals surface area contributed by atoms with E-state index in [1.165, 1.54) is 0 Å². The Morgan fingerprint density at radius 3 is 2.62 bits per heavy atom. The van der Waals surface area contributed by atoms with Gasteiger partial charge in [-0.1, -0.05) is 37.3 Å². The number of carbonyl (C=O) groups is 2. The highest BCUT2D eigenvalue weighted by Crippen LogP contribution is 2.61. The normalized spacial score (nSPS) is 40.7. The summed E-state index contributed by atoms with van der Waals surface area (Å²) >= 11 is 0. The van der Waals surface area contributed by atoms with Crippen molar-refractivity contribution in [3.63, 3.8) is 0 Å². The zero-order valence-corrected chi connectivity index (χ0v) is 12.2. The Bertz CT molecular complexity index is 672. The van der Waals surface area contributed by atoms with Crippen LogP contribution in [0.2, 0.25) is 0 Å². The lowest BCUT2D eigenvalue weighted by Gasteiger charge is -2.70. The SMILES string of the molecule is CCCN1N(C)C2(C=CC=CC2=O)C12C1=CC(=O)C2C=C1. The highest BCUT2D eigenvalue weighted by molar-refractivity contribution is 6.10. The molecule has 4 rings (SSSR count). The van der Waals surface area contributed by atoms with Crippen LogP contribution >= 0.6 is 0 Å². The Labute approximate surface area is 124 Å². The summed E-state index contributed by atoms with van der Waals surface area (Å²) in [6.45, 7) is 2.96. The Kier molecular flexibility index (Phi) is 2.40. The molecular weight excluding hydrogens is 264 g/mol. The van der Waals surface area contributed by atoms with Crippen LogP contribution in [-0.4, -0.2) is 46.3 Å². The quantitative estimate of drug-likeness (QED) is 0.768. The zero-order valence-electron chi connectivity index (χ0n) is 12.2. The van der Waals surface area contributed by atoms with E-state index in [2.05, 4.69) is 11.9 Å². The number of allylic oxidation sites excluding steroid dienone is 3. The second kappa shape index (κ2) is 3.90. The van der Waals surface area contributed by atoms with Crippen LogP contribution in [0.5, 0.6) is 0 Å². The molecule has 3 atom stereocenters. The predicted octanol–water partition coefficient (Wildman–Crippen LogP) is 1.43. The van der Waals surface area contributed by atoms with E-state index in [9.17, 15) is 9.59 Å². The molecule has 1 aliphatic heterocycles. The van der Waals surface area contributed by atoms with Crippen LogP contribution in [0, 0.1) is 5.92 Å². The Balaban J connectivity index is 1.92. The van der Waals surface area contributed by atoms with Gasteiger partial charge >= 0.3 is 0 Å². The smallest absolute Gasteiger partial charge is 0.183 e. The van der Waals surface area contributed by atoms with Gasteiger partial charge in [-0.2, -0.15) is 0 Å². The Hall–Kier alpha value is -1.78. The lowest BCUT2D eigenvalue weighted by atomic mass is 9.61. The third-order valence-corrected chi connectivity index (χ3v) is 5.33. The highest BCUT2D eigenvalue weighted by atomic mass is 16.1. The number of hydrogen-bond donors (Lipinski definition) is 0. The van der Waals surface area contributed by atoms with Crippen molar-refractivity contribution in [1.29, 1.82) is 0 Å². The van der Waals surface area contributed by atoms with E-state index in [0.717, 1.165) is 18.5 Å². The van der Waals surface area contributed by atoms with Crippen LogP contribution in [0.25, 0.3) is 0 Å². The number of nitrogens with zero attached hydrogens (tertiary/aromatic N) is 2. The van der Waals surface area contributed by atoms with Gasteiger partial charge in [0.15, 0.2) is 11.6 Å². The van der Waals surface area contributed by atoms with Gasteiger partial charge in [-0.15, -0.1) is 0 Å². The standard InChI is InChI=1S/C17H18N2O2/c1-3-10-19-17(12-7-8-13(17)14(20)11-12)16(18(19)2)9-5-4-6-15(16)21/h4-9,11,13H,3,10H2,1-2H3. The monoisotopic (exact) mass is 282 g/mol. The van der Waals surface area contributed by atoms with Gasteiger partial charge < -0.3 is 0 Å². The maximum absolute atomic E-state index is 12.8. The topological polar surface area (TPSA) is 40.6 Å². The fourth-order valence-corrected chi connectivity index (χ4v) is 4.61. The lowest BCUT2D eigenvalue weighted by Crippen LogP contribution is -2.89. The number of rotatable bonds is 2. The van der Waals surface area contributed by atoms with E-state index >= 15 is 0 Å². The van der Waals surface area contributed by atoms with Crippen LogP contribution in [0.4, 0.5) is 0 Å².